The van der Waals surface area contributed by atoms with E-state index < -0.39 is 0 Å². The van der Waals surface area contributed by atoms with Gasteiger partial charge in [-0.05, 0) is 11.6 Å². The number of aromatic nitrogens is 4. The summed E-state index contributed by atoms with van der Waals surface area (Å²) in [7, 11) is 3.16. The zero-order valence-corrected chi connectivity index (χ0v) is 9.73. The Bertz CT molecular complexity index is 499. The van der Waals surface area contributed by atoms with Crippen LogP contribution in [-0.2, 0) is 11.3 Å². The smallest absolute Gasteiger partial charge is 0.246 e. The molecule has 0 saturated carbocycles. The van der Waals surface area contributed by atoms with Crippen molar-refractivity contribution < 1.29 is 9.47 Å². The fraction of sp³-hybridized carbons (Fsp3) is 0.444. The minimum Gasteiger partial charge on any atom is -0.479 e. The summed E-state index contributed by atoms with van der Waals surface area (Å²) in [5.41, 5.74) is 1.26. The number of hydrogen-bond donors (Lipinski definition) is 0. The van der Waals surface area contributed by atoms with E-state index in [4.69, 9.17) is 21.1 Å². The van der Waals surface area contributed by atoms with E-state index in [-0.39, 0.29) is 5.28 Å². The Hall–Kier alpha value is -1.40. The molecule has 86 valence electrons. The van der Waals surface area contributed by atoms with Gasteiger partial charge in [0.05, 0.1) is 26.5 Å². The van der Waals surface area contributed by atoms with Crippen LogP contribution in [0.2, 0.25) is 5.28 Å². The van der Waals surface area contributed by atoms with Crippen LogP contribution in [-0.4, -0.2) is 40.6 Å². The van der Waals surface area contributed by atoms with Gasteiger partial charge < -0.3 is 9.47 Å². The molecule has 0 spiro atoms. The second-order valence-corrected chi connectivity index (χ2v) is 3.46. The first-order chi connectivity index (χ1) is 7.74. The zero-order valence-electron chi connectivity index (χ0n) is 8.97. The lowest BCUT2D eigenvalue weighted by Gasteiger charge is -1.99. The van der Waals surface area contributed by atoms with Crippen LogP contribution < -0.4 is 4.74 Å². The van der Waals surface area contributed by atoms with Gasteiger partial charge in [-0.15, -0.1) is 0 Å². The average molecular weight is 243 g/mol. The maximum atomic E-state index is 5.75. The molecule has 0 bridgehead atoms. The highest BCUT2D eigenvalue weighted by atomic mass is 35.5. The fourth-order valence-electron chi connectivity index (χ4n) is 1.35. The highest BCUT2D eigenvalue weighted by molar-refractivity contribution is 6.28. The summed E-state index contributed by atoms with van der Waals surface area (Å²) in [6.45, 7) is 1.23. The quantitative estimate of drug-likeness (QED) is 0.753. The van der Waals surface area contributed by atoms with Crippen LogP contribution in [0.15, 0.2) is 6.20 Å². The SMILES string of the molecule is COCCn1cc2nc(Cl)nc(OC)c2n1. The molecule has 16 heavy (non-hydrogen) atoms. The third-order valence-corrected chi connectivity index (χ3v) is 2.24. The third kappa shape index (κ3) is 2.07. The Balaban J connectivity index is 2.43. The normalized spacial score (nSPS) is 10.9. The highest BCUT2D eigenvalue weighted by Crippen LogP contribution is 2.21. The molecular formula is C9H11ClN4O2. The van der Waals surface area contributed by atoms with E-state index in [1.807, 2.05) is 0 Å². The average Bonchev–Trinajstić information content (AvgIpc) is 2.67. The van der Waals surface area contributed by atoms with Crippen molar-refractivity contribution in [1.82, 2.24) is 19.7 Å². The van der Waals surface area contributed by atoms with Crippen molar-refractivity contribution in [2.24, 2.45) is 0 Å². The fourth-order valence-corrected chi connectivity index (χ4v) is 1.52. The number of rotatable bonds is 4. The molecule has 0 aliphatic rings. The molecule has 0 unspecified atom stereocenters. The zero-order chi connectivity index (χ0) is 11.5. The lowest BCUT2D eigenvalue weighted by atomic mass is 10.4. The van der Waals surface area contributed by atoms with Gasteiger partial charge in [-0.3, -0.25) is 4.68 Å². The molecule has 2 rings (SSSR count). The molecule has 0 aromatic carbocycles. The van der Waals surface area contributed by atoms with Crippen molar-refractivity contribution in [3.05, 3.63) is 11.5 Å². The number of hydrogen-bond acceptors (Lipinski definition) is 5. The van der Waals surface area contributed by atoms with Gasteiger partial charge >= 0.3 is 0 Å². The largest absolute Gasteiger partial charge is 0.479 e. The van der Waals surface area contributed by atoms with Crippen LogP contribution in [0.4, 0.5) is 0 Å². The third-order valence-electron chi connectivity index (χ3n) is 2.07. The molecule has 0 saturated heterocycles. The van der Waals surface area contributed by atoms with Gasteiger partial charge in [-0.1, -0.05) is 0 Å². The number of ether oxygens (including phenoxy) is 2. The Kier molecular flexibility index (Phi) is 3.21. The molecule has 0 atom stereocenters. The summed E-state index contributed by atoms with van der Waals surface area (Å²) >= 11 is 5.75. The lowest BCUT2D eigenvalue weighted by molar-refractivity contribution is 0.183. The van der Waals surface area contributed by atoms with Crippen molar-refractivity contribution in [2.45, 2.75) is 6.54 Å². The molecule has 0 N–H and O–H groups in total. The summed E-state index contributed by atoms with van der Waals surface area (Å²) in [5.74, 6) is 0.381. The van der Waals surface area contributed by atoms with E-state index in [9.17, 15) is 0 Å². The Morgan fingerprint density at radius 3 is 2.88 bits per heavy atom. The number of methoxy groups -OCH3 is 2. The summed E-state index contributed by atoms with van der Waals surface area (Å²) in [6.07, 6.45) is 1.78. The van der Waals surface area contributed by atoms with Crippen molar-refractivity contribution in [3.8, 4) is 5.88 Å². The molecule has 7 heteroatoms. The van der Waals surface area contributed by atoms with Crippen molar-refractivity contribution >= 4 is 22.6 Å². The molecule has 0 fully saturated rings. The van der Waals surface area contributed by atoms with Gasteiger partial charge in [0.1, 0.15) is 5.52 Å². The molecule has 2 heterocycles. The second kappa shape index (κ2) is 4.63. The standard InChI is InChI=1S/C9H11ClN4O2/c1-15-4-3-14-5-6-7(13-14)8(16-2)12-9(10)11-6/h5H,3-4H2,1-2H3. The topological polar surface area (TPSA) is 62.1 Å². The maximum absolute atomic E-state index is 5.75. The molecule has 0 aliphatic heterocycles. The van der Waals surface area contributed by atoms with Crippen LogP contribution in [0, 0.1) is 0 Å². The summed E-state index contributed by atoms with van der Waals surface area (Å²) in [5, 5.41) is 4.44. The Labute approximate surface area is 97.1 Å². The summed E-state index contributed by atoms with van der Waals surface area (Å²) < 4.78 is 11.8. The number of fused-ring (bicyclic) bond motifs is 1. The van der Waals surface area contributed by atoms with E-state index in [1.54, 1.807) is 18.0 Å². The second-order valence-electron chi connectivity index (χ2n) is 3.12. The molecule has 2 aromatic heterocycles. The van der Waals surface area contributed by atoms with Gasteiger partial charge in [0.2, 0.25) is 11.2 Å². The van der Waals surface area contributed by atoms with Gasteiger partial charge in [-0.2, -0.15) is 10.1 Å². The molecule has 0 amide bonds. The Morgan fingerprint density at radius 1 is 1.38 bits per heavy atom. The van der Waals surface area contributed by atoms with Crippen LogP contribution in [0.3, 0.4) is 0 Å². The van der Waals surface area contributed by atoms with Gasteiger partial charge in [-0.25, -0.2) is 4.98 Å². The predicted octanol–water partition coefficient (Wildman–Crippen LogP) is 1.13. The summed E-state index contributed by atoms with van der Waals surface area (Å²) in [4.78, 5) is 8.00. The van der Waals surface area contributed by atoms with Crippen LogP contribution in [0.25, 0.3) is 11.0 Å². The molecule has 0 radical (unpaired) electrons. The molecule has 0 aliphatic carbocycles. The highest BCUT2D eigenvalue weighted by Gasteiger charge is 2.11. The first-order valence-corrected chi connectivity index (χ1v) is 5.06. The first-order valence-electron chi connectivity index (χ1n) is 4.68. The van der Waals surface area contributed by atoms with E-state index in [2.05, 4.69) is 15.1 Å². The summed E-state index contributed by atoms with van der Waals surface area (Å²) in [6, 6.07) is 0. The molecule has 2 aromatic rings. The van der Waals surface area contributed by atoms with Crippen LogP contribution in [0.1, 0.15) is 0 Å². The van der Waals surface area contributed by atoms with Gasteiger partial charge in [0, 0.05) is 7.11 Å². The minimum absolute atomic E-state index is 0.149. The molecular weight excluding hydrogens is 232 g/mol. The van der Waals surface area contributed by atoms with Gasteiger partial charge in [0.25, 0.3) is 0 Å². The van der Waals surface area contributed by atoms with E-state index >= 15 is 0 Å². The van der Waals surface area contributed by atoms with Crippen LogP contribution in [0.5, 0.6) is 5.88 Å². The van der Waals surface area contributed by atoms with E-state index in [1.165, 1.54) is 7.11 Å². The monoisotopic (exact) mass is 242 g/mol. The predicted molar refractivity (Wildman–Crippen MR) is 58.8 cm³/mol. The Morgan fingerprint density at radius 2 is 2.19 bits per heavy atom. The lowest BCUT2D eigenvalue weighted by Crippen LogP contribution is -2.04. The van der Waals surface area contributed by atoms with E-state index in [0.717, 1.165) is 0 Å². The number of nitrogens with zero attached hydrogens (tertiary/aromatic N) is 4. The van der Waals surface area contributed by atoms with Crippen LogP contribution >= 0.6 is 11.6 Å². The van der Waals surface area contributed by atoms with Crippen molar-refractivity contribution in [1.29, 1.82) is 0 Å². The number of halogens is 1. The van der Waals surface area contributed by atoms with E-state index in [0.29, 0.717) is 30.1 Å². The molecule has 6 nitrogen and oxygen atoms in total. The van der Waals surface area contributed by atoms with Gasteiger partial charge in [0.15, 0.2) is 5.52 Å². The maximum Gasteiger partial charge on any atom is 0.246 e. The van der Waals surface area contributed by atoms with Crippen molar-refractivity contribution in [2.75, 3.05) is 20.8 Å². The van der Waals surface area contributed by atoms with Crippen molar-refractivity contribution in [3.63, 3.8) is 0 Å². The first kappa shape index (κ1) is 11.1. The minimum atomic E-state index is 0.149.